The van der Waals surface area contributed by atoms with Crippen LogP contribution in [0, 0.1) is 3.57 Å². The molecule has 0 unspecified atom stereocenters. The van der Waals surface area contributed by atoms with E-state index in [0.717, 1.165) is 10.4 Å². The predicted molar refractivity (Wildman–Crippen MR) is 173 cm³/mol. The van der Waals surface area contributed by atoms with Crippen molar-refractivity contribution in [2.45, 2.75) is 19.9 Å². The van der Waals surface area contributed by atoms with Gasteiger partial charge in [-0.15, -0.1) is 11.3 Å². The monoisotopic (exact) mass is 730 g/mol. The van der Waals surface area contributed by atoms with Crippen LogP contribution in [0.2, 0.25) is 0 Å². The van der Waals surface area contributed by atoms with Gasteiger partial charge in [0, 0.05) is 10.4 Å². The average Bonchev–Trinajstić information content (AvgIpc) is 3.64. The zero-order chi connectivity index (χ0) is 30.5. The fourth-order valence-corrected chi connectivity index (χ4v) is 7.21. The minimum atomic E-state index is -0.707. The Labute approximate surface area is 268 Å². The van der Waals surface area contributed by atoms with Crippen molar-refractivity contribution < 1.29 is 28.5 Å². The normalized spacial score (nSPS) is 14.6. The Morgan fingerprint density at radius 1 is 1.07 bits per heavy atom. The number of halogens is 1. The number of thiophene rings is 1. The summed E-state index contributed by atoms with van der Waals surface area (Å²) in [6.45, 7) is 3.66. The number of methoxy groups -OCH3 is 1. The number of hydrogen-bond donors (Lipinski definition) is 0. The summed E-state index contributed by atoms with van der Waals surface area (Å²) >= 11 is 4.79. The lowest BCUT2D eigenvalue weighted by molar-refractivity contribution is -0.145. The number of aromatic nitrogens is 1. The minimum Gasteiger partial charge on any atom is -0.493 e. The van der Waals surface area contributed by atoms with Crippen LogP contribution in [0.5, 0.6) is 11.5 Å². The molecule has 2 aromatic carbocycles. The van der Waals surface area contributed by atoms with Gasteiger partial charge in [0.1, 0.15) is 6.04 Å². The fraction of sp³-hybridized carbons (Fsp3) is 0.226. The second-order valence-corrected chi connectivity index (χ2v) is 12.2. The lowest BCUT2D eigenvalue weighted by atomic mass is 9.97. The molecule has 1 aliphatic rings. The van der Waals surface area contributed by atoms with Gasteiger partial charge in [-0.05, 0) is 71.7 Å². The molecule has 2 aromatic heterocycles. The van der Waals surface area contributed by atoms with E-state index >= 15 is 0 Å². The summed E-state index contributed by atoms with van der Waals surface area (Å²) in [6.07, 6.45) is 1.76. The molecule has 0 saturated heterocycles. The van der Waals surface area contributed by atoms with Gasteiger partial charge in [-0.2, -0.15) is 0 Å². The molecule has 0 spiro atoms. The smallest absolute Gasteiger partial charge is 0.344 e. The van der Waals surface area contributed by atoms with Gasteiger partial charge in [-0.1, -0.05) is 47.7 Å². The number of esters is 2. The van der Waals surface area contributed by atoms with E-state index in [1.165, 1.54) is 29.8 Å². The van der Waals surface area contributed by atoms with Gasteiger partial charge >= 0.3 is 11.9 Å². The van der Waals surface area contributed by atoms with E-state index in [-0.39, 0.29) is 25.4 Å². The Kier molecular flexibility index (Phi) is 9.78. The van der Waals surface area contributed by atoms with Crippen LogP contribution < -0.4 is 24.4 Å². The lowest BCUT2D eigenvalue weighted by Gasteiger charge is -2.24. The summed E-state index contributed by atoms with van der Waals surface area (Å²) < 4.78 is 24.4. The van der Waals surface area contributed by atoms with Gasteiger partial charge in [0.15, 0.2) is 22.9 Å². The van der Waals surface area contributed by atoms with Crippen LogP contribution in [0.4, 0.5) is 0 Å². The van der Waals surface area contributed by atoms with Gasteiger partial charge in [-0.3, -0.25) is 9.36 Å². The highest BCUT2D eigenvalue weighted by Gasteiger charge is 2.35. The van der Waals surface area contributed by atoms with Crippen molar-refractivity contribution in [2.24, 2.45) is 4.99 Å². The van der Waals surface area contributed by atoms with Crippen molar-refractivity contribution in [1.29, 1.82) is 0 Å². The molecular weight excluding hydrogens is 703 g/mol. The SMILES string of the molecule is CCOC(=O)COc1c(I)cc(/C=c2\sc3n(c2=O)[C@@H](c2cccs2)C(C(=O)OCC)=C(c2ccccc2)N=3)cc1OC. The maximum absolute atomic E-state index is 14.0. The van der Waals surface area contributed by atoms with E-state index in [1.54, 1.807) is 30.6 Å². The molecule has 0 amide bonds. The van der Waals surface area contributed by atoms with Crippen molar-refractivity contribution in [3.05, 3.63) is 105 Å². The van der Waals surface area contributed by atoms with Crippen LogP contribution in [0.1, 0.15) is 35.9 Å². The van der Waals surface area contributed by atoms with Crippen molar-refractivity contribution in [3.63, 3.8) is 0 Å². The van der Waals surface area contributed by atoms with Crippen LogP contribution in [-0.4, -0.2) is 43.4 Å². The average molecular weight is 731 g/mol. The van der Waals surface area contributed by atoms with E-state index in [0.29, 0.717) is 41.2 Å². The molecule has 3 heterocycles. The fourth-order valence-electron chi connectivity index (χ4n) is 4.60. The molecule has 222 valence electrons. The van der Waals surface area contributed by atoms with E-state index in [2.05, 4.69) is 22.6 Å². The molecule has 0 fully saturated rings. The number of hydrogen-bond acceptors (Lipinski definition) is 10. The molecule has 1 atom stereocenters. The van der Waals surface area contributed by atoms with Gasteiger partial charge < -0.3 is 18.9 Å². The van der Waals surface area contributed by atoms with Crippen LogP contribution in [0.15, 0.2) is 75.3 Å². The molecule has 0 saturated carbocycles. The molecule has 0 radical (unpaired) electrons. The van der Waals surface area contributed by atoms with E-state index in [1.807, 2.05) is 53.9 Å². The van der Waals surface area contributed by atoms with Crippen LogP contribution in [0.3, 0.4) is 0 Å². The number of benzene rings is 2. The molecule has 0 N–H and O–H groups in total. The second kappa shape index (κ2) is 13.7. The van der Waals surface area contributed by atoms with Gasteiger partial charge in [-0.25, -0.2) is 14.6 Å². The third-order valence-corrected chi connectivity index (χ3v) is 9.08. The number of rotatable bonds is 10. The van der Waals surface area contributed by atoms with Crippen molar-refractivity contribution >= 4 is 69.0 Å². The quantitative estimate of drug-likeness (QED) is 0.174. The summed E-state index contributed by atoms with van der Waals surface area (Å²) in [4.78, 5) is 45.5. The standard InChI is InChI=1S/C31H27IN2O7S2/c1-4-39-24(35)17-41-28-20(32)14-18(15-21(28)38-3)16-23-29(36)34-27(22-12-9-13-42-22)25(30(37)40-5-2)26(33-31(34)43-23)19-10-7-6-8-11-19/h6-16,27H,4-5,17H2,1-3H3/b23-16-/t27-/m0/s1. The largest absolute Gasteiger partial charge is 0.493 e. The summed E-state index contributed by atoms with van der Waals surface area (Å²) in [6, 6.07) is 16.1. The number of fused-ring (bicyclic) bond motifs is 1. The van der Waals surface area contributed by atoms with E-state index in [4.69, 9.17) is 23.9 Å². The van der Waals surface area contributed by atoms with E-state index < -0.39 is 18.0 Å². The van der Waals surface area contributed by atoms with Gasteiger partial charge in [0.2, 0.25) is 0 Å². The number of nitrogens with zero attached hydrogens (tertiary/aromatic N) is 2. The number of thiazole rings is 1. The highest BCUT2D eigenvalue weighted by Crippen LogP contribution is 2.37. The Morgan fingerprint density at radius 3 is 2.51 bits per heavy atom. The first kappa shape index (κ1) is 30.7. The number of carbonyl (C=O) groups is 2. The van der Waals surface area contributed by atoms with Crippen molar-refractivity contribution in [3.8, 4) is 11.5 Å². The predicted octanol–water partition coefficient (Wildman–Crippen LogP) is 4.55. The molecule has 0 aliphatic carbocycles. The zero-order valence-corrected chi connectivity index (χ0v) is 27.3. The Balaban J connectivity index is 1.66. The van der Waals surface area contributed by atoms with Crippen molar-refractivity contribution in [2.75, 3.05) is 26.9 Å². The molecular formula is C31H27IN2O7S2. The Hall–Kier alpha value is -3.75. The molecule has 0 bridgehead atoms. The number of ether oxygens (including phenoxy) is 4. The topological polar surface area (TPSA) is 105 Å². The van der Waals surface area contributed by atoms with Gasteiger partial charge in [0.05, 0.1) is 39.7 Å². The molecule has 43 heavy (non-hydrogen) atoms. The maximum Gasteiger partial charge on any atom is 0.344 e. The summed E-state index contributed by atoms with van der Waals surface area (Å²) in [5.41, 5.74) is 1.95. The molecule has 4 aromatic rings. The van der Waals surface area contributed by atoms with Gasteiger partial charge in [0.25, 0.3) is 5.56 Å². The van der Waals surface area contributed by atoms with Crippen LogP contribution in [0.25, 0.3) is 11.8 Å². The zero-order valence-electron chi connectivity index (χ0n) is 23.5. The third-order valence-electron chi connectivity index (χ3n) is 6.38. The minimum absolute atomic E-state index is 0.186. The third kappa shape index (κ3) is 6.45. The van der Waals surface area contributed by atoms with E-state index in [9.17, 15) is 14.4 Å². The first-order valence-electron chi connectivity index (χ1n) is 13.3. The Morgan fingerprint density at radius 2 is 1.84 bits per heavy atom. The highest BCUT2D eigenvalue weighted by molar-refractivity contribution is 14.1. The van der Waals surface area contributed by atoms with Crippen LogP contribution in [-0.2, 0) is 19.1 Å². The summed E-state index contributed by atoms with van der Waals surface area (Å²) in [5.74, 6) is -0.194. The van der Waals surface area contributed by atoms with Crippen LogP contribution >= 0.6 is 45.3 Å². The highest BCUT2D eigenvalue weighted by atomic mass is 127. The summed E-state index contributed by atoms with van der Waals surface area (Å²) in [7, 11) is 1.50. The number of carbonyl (C=O) groups excluding carboxylic acids is 2. The first-order valence-corrected chi connectivity index (χ1v) is 16.1. The van der Waals surface area contributed by atoms with Crippen molar-refractivity contribution in [1.82, 2.24) is 4.57 Å². The first-order chi connectivity index (χ1) is 20.9. The molecule has 12 heteroatoms. The second-order valence-electron chi connectivity index (χ2n) is 9.07. The molecule has 5 rings (SSSR count). The molecule has 1 aliphatic heterocycles. The Bertz CT molecular complexity index is 1860. The molecule has 9 nitrogen and oxygen atoms in total. The maximum atomic E-state index is 14.0. The summed E-state index contributed by atoms with van der Waals surface area (Å²) in [5, 5.41) is 1.91. The lowest BCUT2D eigenvalue weighted by Crippen LogP contribution is -2.39.